The zero-order valence-corrected chi connectivity index (χ0v) is 9.76. The summed E-state index contributed by atoms with van der Waals surface area (Å²) in [5, 5.41) is 0.277. The van der Waals surface area contributed by atoms with E-state index in [0.29, 0.717) is 11.2 Å². The molecule has 2 aromatic rings. The SMILES string of the molecule is NNc1c2c(nc3cc(F)cc(F)c13)CCCC2. The van der Waals surface area contributed by atoms with Gasteiger partial charge in [0.2, 0.25) is 0 Å². The maximum Gasteiger partial charge on any atom is 0.137 e. The zero-order chi connectivity index (χ0) is 12.7. The minimum Gasteiger partial charge on any atom is -0.323 e. The van der Waals surface area contributed by atoms with Gasteiger partial charge in [-0.1, -0.05) is 0 Å². The van der Waals surface area contributed by atoms with Crippen LogP contribution in [0.4, 0.5) is 14.5 Å². The van der Waals surface area contributed by atoms with E-state index >= 15 is 0 Å². The molecule has 3 rings (SSSR count). The van der Waals surface area contributed by atoms with E-state index in [2.05, 4.69) is 10.4 Å². The number of pyridine rings is 1. The first-order valence-electron chi connectivity index (χ1n) is 5.98. The van der Waals surface area contributed by atoms with Crippen molar-refractivity contribution in [2.45, 2.75) is 25.7 Å². The summed E-state index contributed by atoms with van der Waals surface area (Å²) in [5.41, 5.74) is 5.28. The van der Waals surface area contributed by atoms with Crippen LogP contribution < -0.4 is 11.3 Å². The van der Waals surface area contributed by atoms with Crippen LogP contribution in [0.2, 0.25) is 0 Å². The van der Waals surface area contributed by atoms with Gasteiger partial charge < -0.3 is 5.43 Å². The highest BCUT2D eigenvalue weighted by atomic mass is 19.1. The molecule has 1 heterocycles. The summed E-state index contributed by atoms with van der Waals surface area (Å²) < 4.78 is 27.1. The predicted octanol–water partition coefficient (Wildman–Crippen LogP) is 2.68. The van der Waals surface area contributed by atoms with E-state index in [1.165, 1.54) is 6.07 Å². The molecular formula is C13H13F2N3. The number of aryl methyl sites for hydroxylation is 1. The molecule has 0 saturated heterocycles. The number of halogens is 2. The molecule has 18 heavy (non-hydrogen) atoms. The molecule has 0 aliphatic heterocycles. The van der Waals surface area contributed by atoms with Crippen LogP contribution >= 0.6 is 0 Å². The number of hydrogen-bond donors (Lipinski definition) is 2. The zero-order valence-electron chi connectivity index (χ0n) is 9.76. The fourth-order valence-electron chi connectivity index (χ4n) is 2.63. The van der Waals surface area contributed by atoms with Crippen molar-refractivity contribution in [3.05, 3.63) is 35.0 Å². The highest BCUT2D eigenvalue weighted by molar-refractivity contribution is 5.94. The van der Waals surface area contributed by atoms with Gasteiger partial charge in [-0.25, -0.2) is 8.78 Å². The van der Waals surface area contributed by atoms with Crippen LogP contribution in [0, 0.1) is 11.6 Å². The summed E-state index contributed by atoms with van der Waals surface area (Å²) in [6.45, 7) is 0. The third-order valence-corrected chi connectivity index (χ3v) is 3.42. The second-order valence-corrected chi connectivity index (χ2v) is 4.55. The third kappa shape index (κ3) is 1.62. The van der Waals surface area contributed by atoms with Gasteiger partial charge in [0.1, 0.15) is 11.6 Å². The Hall–Kier alpha value is -1.75. The second kappa shape index (κ2) is 4.17. The average Bonchev–Trinajstić information content (AvgIpc) is 2.35. The number of hydrogen-bond acceptors (Lipinski definition) is 3. The number of hydrazine groups is 1. The van der Waals surface area contributed by atoms with Crippen molar-refractivity contribution in [3.8, 4) is 0 Å². The fourth-order valence-corrected chi connectivity index (χ4v) is 2.63. The lowest BCUT2D eigenvalue weighted by Gasteiger charge is -2.20. The lowest BCUT2D eigenvalue weighted by molar-refractivity contribution is 0.590. The molecule has 5 heteroatoms. The first-order chi connectivity index (χ1) is 8.70. The smallest absolute Gasteiger partial charge is 0.137 e. The van der Waals surface area contributed by atoms with Crippen molar-refractivity contribution in [2.75, 3.05) is 5.43 Å². The van der Waals surface area contributed by atoms with Crippen molar-refractivity contribution >= 4 is 16.6 Å². The van der Waals surface area contributed by atoms with Gasteiger partial charge in [0, 0.05) is 17.8 Å². The molecular weight excluding hydrogens is 236 g/mol. The Morgan fingerprint density at radius 3 is 2.72 bits per heavy atom. The lowest BCUT2D eigenvalue weighted by Crippen LogP contribution is -2.15. The van der Waals surface area contributed by atoms with Gasteiger partial charge in [0.15, 0.2) is 0 Å². The van der Waals surface area contributed by atoms with Crippen molar-refractivity contribution < 1.29 is 8.78 Å². The molecule has 0 radical (unpaired) electrons. The monoisotopic (exact) mass is 249 g/mol. The highest BCUT2D eigenvalue weighted by Crippen LogP contribution is 2.34. The summed E-state index contributed by atoms with van der Waals surface area (Å²) in [4.78, 5) is 4.37. The highest BCUT2D eigenvalue weighted by Gasteiger charge is 2.20. The van der Waals surface area contributed by atoms with Crippen LogP contribution in [0.5, 0.6) is 0 Å². The number of aromatic nitrogens is 1. The second-order valence-electron chi connectivity index (χ2n) is 4.55. The summed E-state index contributed by atoms with van der Waals surface area (Å²) in [6, 6.07) is 2.11. The molecule has 0 saturated carbocycles. The van der Waals surface area contributed by atoms with E-state index in [4.69, 9.17) is 5.84 Å². The molecule has 0 spiro atoms. The van der Waals surface area contributed by atoms with Crippen LogP contribution in [0.1, 0.15) is 24.1 Å². The first-order valence-corrected chi connectivity index (χ1v) is 5.98. The van der Waals surface area contributed by atoms with Crippen LogP contribution in [-0.4, -0.2) is 4.98 Å². The van der Waals surface area contributed by atoms with Crippen LogP contribution in [0.15, 0.2) is 12.1 Å². The van der Waals surface area contributed by atoms with Crippen LogP contribution in [0.3, 0.4) is 0 Å². The van der Waals surface area contributed by atoms with E-state index in [1.807, 2.05) is 0 Å². The van der Waals surface area contributed by atoms with Gasteiger partial charge in [0.25, 0.3) is 0 Å². The number of anilines is 1. The maximum absolute atomic E-state index is 13.9. The van der Waals surface area contributed by atoms with Gasteiger partial charge in [0.05, 0.1) is 16.6 Å². The third-order valence-electron chi connectivity index (χ3n) is 3.42. The van der Waals surface area contributed by atoms with E-state index in [-0.39, 0.29) is 5.39 Å². The molecule has 1 aliphatic rings. The lowest BCUT2D eigenvalue weighted by atomic mass is 9.93. The Morgan fingerprint density at radius 1 is 1.17 bits per heavy atom. The van der Waals surface area contributed by atoms with Gasteiger partial charge >= 0.3 is 0 Å². The van der Waals surface area contributed by atoms with E-state index in [1.54, 1.807) is 0 Å². The quantitative estimate of drug-likeness (QED) is 0.603. The number of rotatable bonds is 1. The Morgan fingerprint density at radius 2 is 1.94 bits per heavy atom. The summed E-state index contributed by atoms with van der Waals surface area (Å²) >= 11 is 0. The molecule has 94 valence electrons. The van der Waals surface area contributed by atoms with Gasteiger partial charge in [-0.15, -0.1) is 0 Å². The molecule has 0 fully saturated rings. The van der Waals surface area contributed by atoms with Crippen LogP contribution in [-0.2, 0) is 12.8 Å². The molecule has 0 amide bonds. The predicted molar refractivity (Wildman–Crippen MR) is 66.1 cm³/mol. The molecule has 3 nitrogen and oxygen atoms in total. The minimum absolute atomic E-state index is 0.277. The van der Waals surface area contributed by atoms with Crippen molar-refractivity contribution in [3.63, 3.8) is 0 Å². The molecule has 3 N–H and O–H groups in total. The van der Waals surface area contributed by atoms with Crippen molar-refractivity contribution in [1.82, 2.24) is 4.98 Å². The number of nitrogen functional groups attached to an aromatic ring is 1. The number of fused-ring (bicyclic) bond motifs is 2. The number of nitrogens with one attached hydrogen (secondary N) is 1. The van der Waals surface area contributed by atoms with Gasteiger partial charge in [-0.3, -0.25) is 10.8 Å². The summed E-state index contributed by atoms with van der Waals surface area (Å²) in [5.74, 6) is 4.26. The molecule has 1 aliphatic carbocycles. The van der Waals surface area contributed by atoms with E-state index in [0.717, 1.165) is 43.0 Å². The Balaban J connectivity index is 2.40. The molecule has 0 bridgehead atoms. The Kier molecular flexibility index (Phi) is 2.63. The van der Waals surface area contributed by atoms with Gasteiger partial charge in [-0.2, -0.15) is 0 Å². The van der Waals surface area contributed by atoms with Crippen molar-refractivity contribution in [1.29, 1.82) is 0 Å². The average molecular weight is 249 g/mol. The molecule has 0 atom stereocenters. The summed E-state index contributed by atoms with van der Waals surface area (Å²) in [7, 11) is 0. The number of nitrogens with two attached hydrogens (primary N) is 1. The maximum atomic E-state index is 13.9. The normalized spacial score (nSPS) is 14.6. The molecule has 1 aromatic heterocycles. The first kappa shape index (κ1) is 11.3. The number of nitrogens with zero attached hydrogens (tertiary/aromatic N) is 1. The van der Waals surface area contributed by atoms with E-state index < -0.39 is 11.6 Å². The largest absolute Gasteiger partial charge is 0.323 e. The van der Waals surface area contributed by atoms with E-state index in [9.17, 15) is 8.78 Å². The molecule has 0 unspecified atom stereocenters. The Labute approximate surface area is 103 Å². The van der Waals surface area contributed by atoms with Crippen LogP contribution in [0.25, 0.3) is 10.9 Å². The standard InChI is InChI=1S/C13H13F2N3/c14-7-5-9(15)12-11(6-7)17-10-4-2-1-3-8(10)13(12)18-16/h5-6H,1-4,16H2,(H,17,18). The minimum atomic E-state index is -0.626. The molecule has 1 aromatic carbocycles. The fraction of sp³-hybridized carbons (Fsp3) is 0.308. The van der Waals surface area contributed by atoms with Gasteiger partial charge in [-0.05, 0) is 31.2 Å². The topological polar surface area (TPSA) is 50.9 Å². The summed E-state index contributed by atoms with van der Waals surface area (Å²) in [6.07, 6.45) is 3.75. The Bertz CT molecular complexity index is 625. The number of benzene rings is 1. The van der Waals surface area contributed by atoms with Crippen molar-refractivity contribution in [2.24, 2.45) is 5.84 Å².